The van der Waals surface area contributed by atoms with Crippen LogP contribution >= 0.6 is 0 Å². The van der Waals surface area contributed by atoms with Crippen LogP contribution in [-0.2, 0) is 6.42 Å². The third kappa shape index (κ3) is 2.00. The van der Waals surface area contributed by atoms with Gasteiger partial charge in [-0.15, -0.1) is 6.42 Å². The molecule has 0 fully saturated rings. The number of benzene rings is 1. The maximum atomic E-state index is 9.30. The molecule has 0 radical (unpaired) electrons. The molecule has 1 aromatic heterocycles. The minimum absolute atomic E-state index is 0.180. The smallest absolute Gasteiger partial charge is 0.117 e. The average molecular weight is 259 g/mol. The Hall–Kier alpha value is -2.78. The zero-order chi connectivity index (χ0) is 13.9. The Morgan fingerprint density at radius 3 is 2.95 bits per heavy atom. The second kappa shape index (κ2) is 5.07. The van der Waals surface area contributed by atoms with Gasteiger partial charge in [-0.05, 0) is 30.0 Å². The number of rotatable bonds is 1. The van der Waals surface area contributed by atoms with E-state index in [1.165, 1.54) is 5.56 Å². The third-order valence-corrected chi connectivity index (χ3v) is 3.68. The molecule has 0 aliphatic carbocycles. The summed E-state index contributed by atoms with van der Waals surface area (Å²) in [7, 11) is 0. The van der Waals surface area contributed by atoms with E-state index in [1.807, 2.05) is 12.1 Å². The molecule has 96 valence electrons. The minimum atomic E-state index is 0.180. The first-order valence-electron chi connectivity index (χ1n) is 6.51. The van der Waals surface area contributed by atoms with E-state index < -0.39 is 0 Å². The molecular weight excluding hydrogens is 246 g/mol. The van der Waals surface area contributed by atoms with Gasteiger partial charge in [0.2, 0.25) is 0 Å². The van der Waals surface area contributed by atoms with E-state index in [0.717, 1.165) is 24.2 Å². The molecule has 2 aromatic rings. The fraction of sp³-hybridized carbons (Fsp3) is 0.176. The zero-order valence-electron chi connectivity index (χ0n) is 10.9. The molecule has 1 unspecified atom stereocenters. The SMILES string of the molecule is C#Cc1nccc(C#N)c1C1CNc2ccccc2C1. The van der Waals surface area contributed by atoms with E-state index in [-0.39, 0.29) is 5.92 Å². The van der Waals surface area contributed by atoms with Gasteiger partial charge >= 0.3 is 0 Å². The number of fused-ring (bicyclic) bond motifs is 1. The van der Waals surface area contributed by atoms with Gasteiger partial charge in [0, 0.05) is 29.9 Å². The van der Waals surface area contributed by atoms with E-state index >= 15 is 0 Å². The van der Waals surface area contributed by atoms with Crippen molar-refractivity contribution in [2.75, 3.05) is 11.9 Å². The number of aromatic nitrogens is 1. The predicted molar refractivity (Wildman–Crippen MR) is 78.3 cm³/mol. The molecular formula is C17H13N3. The van der Waals surface area contributed by atoms with Crippen molar-refractivity contribution in [3.63, 3.8) is 0 Å². The van der Waals surface area contributed by atoms with Crippen molar-refractivity contribution in [3.8, 4) is 18.4 Å². The third-order valence-electron chi connectivity index (χ3n) is 3.68. The minimum Gasteiger partial charge on any atom is -0.384 e. The van der Waals surface area contributed by atoms with Crippen LogP contribution in [0, 0.1) is 23.7 Å². The highest BCUT2D eigenvalue weighted by atomic mass is 14.9. The largest absolute Gasteiger partial charge is 0.384 e. The number of anilines is 1. The van der Waals surface area contributed by atoms with Crippen molar-refractivity contribution >= 4 is 5.69 Å². The maximum absolute atomic E-state index is 9.30. The van der Waals surface area contributed by atoms with Crippen LogP contribution in [0.5, 0.6) is 0 Å². The number of para-hydroxylation sites is 1. The monoisotopic (exact) mass is 259 g/mol. The molecule has 0 amide bonds. The van der Waals surface area contributed by atoms with Gasteiger partial charge in [-0.2, -0.15) is 5.26 Å². The van der Waals surface area contributed by atoms with Gasteiger partial charge in [0.1, 0.15) is 5.69 Å². The Bertz CT molecular complexity index is 702. The van der Waals surface area contributed by atoms with Crippen molar-refractivity contribution in [3.05, 3.63) is 58.9 Å². The average Bonchev–Trinajstić information content (AvgIpc) is 2.53. The van der Waals surface area contributed by atoms with E-state index in [0.29, 0.717) is 11.3 Å². The molecule has 1 N–H and O–H groups in total. The molecule has 1 aliphatic rings. The molecule has 3 nitrogen and oxygen atoms in total. The molecule has 3 heteroatoms. The van der Waals surface area contributed by atoms with Crippen LogP contribution < -0.4 is 5.32 Å². The number of terminal acetylenes is 1. The van der Waals surface area contributed by atoms with Crippen molar-refractivity contribution in [2.24, 2.45) is 0 Å². The van der Waals surface area contributed by atoms with Crippen LogP contribution in [0.25, 0.3) is 0 Å². The second-order valence-electron chi connectivity index (χ2n) is 4.82. The van der Waals surface area contributed by atoms with Gasteiger partial charge in [-0.3, -0.25) is 0 Å². The maximum Gasteiger partial charge on any atom is 0.117 e. The molecule has 1 aromatic carbocycles. The lowest BCUT2D eigenvalue weighted by atomic mass is 9.85. The Kier molecular flexibility index (Phi) is 3.11. The van der Waals surface area contributed by atoms with Gasteiger partial charge in [-0.25, -0.2) is 4.98 Å². The summed E-state index contributed by atoms with van der Waals surface area (Å²) in [6, 6.07) is 12.2. The Morgan fingerprint density at radius 1 is 1.30 bits per heavy atom. The first-order chi connectivity index (χ1) is 9.83. The molecule has 2 heterocycles. The molecule has 0 spiro atoms. The van der Waals surface area contributed by atoms with Gasteiger partial charge in [0.05, 0.1) is 11.6 Å². The molecule has 0 saturated carbocycles. The molecule has 0 saturated heterocycles. The number of pyridine rings is 1. The lowest BCUT2D eigenvalue weighted by Crippen LogP contribution is -2.23. The van der Waals surface area contributed by atoms with Gasteiger partial charge in [0.15, 0.2) is 0 Å². The fourth-order valence-electron chi connectivity index (χ4n) is 2.74. The first kappa shape index (κ1) is 12.3. The van der Waals surface area contributed by atoms with Crippen LogP contribution in [0.15, 0.2) is 36.5 Å². The Balaban J connectivity index is 2.04. The summed E-state index contributed by atoms with van der Waals surface area (Å²) in [6.45, 7) is 0.770. The standard InChI is InChI=1S/C17H13N3/c1-2-15-17(13(10-18)7-8-19-15)14-9-12-5-3-4-6-16(12)20-11-14/h1,3-8,14,20H,9,11H2. The summed E-state index contributed by atoms with van der Waals surface area (Å²) in [4.78, 5) is 4.22. The normalized spacial score (nSPS) is 16.4. The topological polar surface area (TPSA) is 48.7 Å². The number of nitrogens with zero attached hydrogens (tertiary/aromatic N) is 2. The van der Waals surface area contributed by atoms with Crippen molar-refractivity contribution in [1.29, 1.82) is 5.26 Å². The van der Waals surface area contributed by atoms with Crippen LogP contribution in [0.1, 0.15) is 28.3 Å². The predicted octanol–water partition coefficient (Wildman–Crippen LogP) is 2.69. The lowest BCUT2D eigenvalue weighted by molar-refractivity contribution is 0.688. The number of nitriles is 1. The Labute approximate surface area is 118 Å². The van der Waals surface area contributed by atoms with Crippen LogP contribution in [0.3, 0.4) is 0 Å². The van der Waals surface area contributed by atoms with Crippen LogP contribution in [0.4, 0.5) is 5.69 Å². The summed E-state index contributed by atoms with van der Waals surface area (Å²) < 4.78 is 0. The van der Waals surface area contributed by atoms with E-state index in [1.54, 1.807) is 12.3 Å². The summed E-state index contributed by atoms with van der Waals surface area (Å²) in [6.07, 6.45) is 8.01. The quantitative estimate of drug-likeness (QED) is 0.801. The van der Waals surface area contributed by atoms with Gasteiger partial charge < -0.3 is 5.32 Å². The van der Waals surface area contributed by atoms with Gasteiger partial charge in [0.25, 0.3) is 0 Å². The molecule has 1 atom stereocenters. The second-order valence-corrected chi connectivity index (χ2v) is 4.82. The first-order valence-corrected chi connectivity index (χ1v) is 6.51. The number of hydrogen-bond donors (Lipinski definition) is 1. The highest BCUT2D eigenvalue weighted by Gasteiger charge is 2.24. The molecule has 20 heavy (non-hydrogen) atoms. The number of hydrogen-bond acceptors (Lipinski definition) is 3. The summed E-state index contributed by atoms with van der Waals surface area (Å²) in [5.41, 5.74) is 4.50. The fourth-order valence-corrected chi connectivity index (χ4v) is 2.74. The van der Waals surface area contributed by atoms with E-state index in [4.69, 9.17) is 6.42 Å². The summed E-state index contributed by atoms with van der Waals surface area (Å²) in [5.74, 6) is 2.78. The van der Waals surface area contributed by atoms with Crippen LogP contribution in [-0.4, -0.2) is 11.5 Å². The lowest BCUT2D eigenvalue weighted by Gasteiger charge is -2.27. The molecule has 1 aliphatic heterocycles. The van der Waals surface area contributed by atoms with Crippen LogP contribution in [0.2, 0.25) is 0 Å². The summed E-state index contributed by atoms with van der Waals surface area (Å²) in [5, 5.41) is 12.7. The highest BCUT2D eigenvalue weighted by Crippen LogP contribution is 2.32. The van der Waals surface area contributed by atoms with Gasteiger partial charge in [-0.1, -0.05) is 18.2 Å². The molecule has 0 bridgehead atoms. The van der Waals surface area contributed by atoms with Crippen molar-refractivity contribution in [1.82, 2.24) is 4.98 Å². The molecule has 3 rings (SSSR count). The van der Waals surface area contributed by atoms with Crippen molar-refractivity contribution in [2.45, 2.75) is 12.3 Å². The number of nitrogens with one attached hydrogen (secondary N) is 1. The van der Waals surface area contributed by atoms with Crippen molar-refractivity contribution < 1.29 is 0 Å². The van der Waals surface area contributed by atoms with E-state index in [9.17, 15) is 5.26 Å². The van der Waals surface area contributed by atoms with E-state index in [2.05, 4.69) is 34.4 Å². The highest BCUT2D eigenvalue weighted by molar-refractivity contribution is 5.57. The zero-order valence-corrected chi connectivity index (χ0v) is 10.9. The summed E-state index contributed by atoms with van der Waals surface area (Å²) >= 11 is 0. The Morgan fingerprint density at radius 2 is 2.15 bits per heavy atom.